The summed E-state index contributed by atoms with van der Waals surface area (Å²) in [6.07, 6.45) is -10.1. The van der Waals surface area contributed by atoms with Crippen molar-refractivity contribution in [1.29, 1.82) is 0 Å². The number of ether oxygens (including phenoxy) is 3. The Morgan fingerprint density at radius 3 is 2.16 bits per heavy atom. The standard InChI is InChI=1S/C10H12BrF3O5/c1-4(15)17-6-3-7(11)19-9(10(12,13)14)8(6)18-5(2)16/h6-9H,3H2,1-2H3. The maximum atomic E-state index is 12.8. The molecule has 1 saturated heterocycles. The molecule has 0 spiro atoms. The molecule has 0 saturated carbocycles. The molecular formula is C10H12BrF3O5. The van der Waals surface area contributed by atoms with Gasteiger partial charge in [-0.25, -0.2) is 0 Å². The molecular weight excluding hydrogens is 337 g/mol. The third kappa shape index (κ3) is 4.64. The van der Waals surface area contributed by atoms with Crippen LogP contribution in [0.25, 0.3) is 0 Å². The zero-order chi connectivity index (χ0) is 14.8. The van der Waals surface area contributed by atoms with E-state index in [-0.39, 0.29) is 6.42 Å². The topological polar surface area (TPSA) is 61.8 Å². The minimum atomic E-state index is -4.75. The van der Waals surface area contributed by atoms with E-state index in [1.165, 1.54) is 0 Å². The van der Waals surface area contributed by atoms with E-state index in [1.54, 1.807) is 0 Å². The minimum absolute atomic E-state index is 0.0515. The molecule has 4 atom stereocenters. The molecule has 0 aliphatic carbocycles. The number of hydrogen-bond acceptors (Lipinski definition) is 5. The first kappa shape index (κ1) is 16.2. The first-order chi connectivity index (χ1) is 8.61. The fourth-order valence-electron chi connectivity index (χ4n) is 1.72. The summed E-state index contributed by atoms with van der Waals surface area (Å²) < 4.78 is 52.6. The summed E-state index contributed by atoms with van der Waals surface area (Å²) in [6.45, 7) is 2.03. The lowest BCUT2D eigenvalue weighted by Gasteiger charge is -2.39. The van der Waals surface area contributed by atoms with Crippen molar-refractivity contribution < 1.29 is 37.0 Å². The normalized spacial score (nSPS) is 31.7. The highest BCUT2D eigenvalue weighted by molar-refractivity contribution is 9.09. The molecule has 0 N–H and O–H groups in total. The Morgan fingerprint density at radius 2 is 1.74 bits per heavy atom. The zero-order valence-corrected chi connectivity index (χ0v) is 11.7. The second-order valence-electron chi connectivity index (χ2n) is 3.97. The van der Waals surface area contributed by atoms with Gasteiger partial charge in [0.15, 0.2) is 12.2 Å². The van der Waals surface area contributed by atoms with E-state index in [4.69, 9.17) is 9.47 Å². The van der Waals surface area contributed by atoms with E-state index in [0.717, 1.165) is 13.8 Å². The van der Waals surface area contributed by atoms with Gasteiger partial charge in [0, 0.05) is 20.3 Å². The summed E-state index contributed by atoms with van der Waals surface area (Å²) >= 11 is 2.89. The van der Waals surface area contributed by atoms with Gasteiger partial charge in [-0.3, -0.25) is 9.59 Å². The van der Waals surface area contributed by atoms with E-state index in [0.29, 0.717) is 0 Å². The largest absolute Gasteiger partial charge is 0.458 e. The van der Waals surface area contributed by atoms with E-state index in [2.05, 4.69) is 20.7 Å². The second-order valence-corrected chi connectivity index (χ2v) is 4.99. The number of carbonyl (C=O) groups excluding carboxylic acids is 2. The van der Waals surface area contributed by atoms with Gasteiger partial charge in [0.05, 0.1) is 0 Å². The Labute approximate surface area is 115 Å². The number of carbonyl (C=O) groups is 2. The summed E-state index contributed by atoms with van der Waals surface area (Å²) in [5, 5.41) is -0.949. The summed E-state index contributed by atoms with van der Waals surface area (Å²) in [5.41, 5.74) is 0. The van der Waals surface area contributed by atoms with Crippen LogP contribution in [0.3, 0.4) is 0 Å². The van der Waals surface area contributed by atoms with E-state index in [1.807, 2.05) is 0 Å². The number of alkyl halides is 4. The highest BCUT2D eigenvalue weighted by Gasteiger charge is 2.55. The average molecular weight is 349 g/mol. The van der Waals surface area contributed by atoms with Crippen LogP contribution in [0.4, 0.5) is 13.2 Å². The molecule has 0 aromatic rings. The average Bonchev–Trinajstić information content (AvgIpc) is 2.18. The minimum Gasteiger partial charge on any atom is -0.458 e. The molecule has 1 rings (SSSR count). The van der Waals surface area contributed by atoms with E-state index < -0.39 is 41.4 Å². The van der Waals surface area contributed by atoms with Crippen molar-refractivity contribution in [3.05, 3.63) is 0 Å². The number of esters is 2. The Balaban J connectivity index is 2.98. The van der Waals surface area contributed by atoms with Crippen LogP contribution in [0.2, 0.25) is 0 Å². The third-order valence-electron chi connectivity index (χ3n) is 2.32. The highest BCUT2D eigenvalue weighted by atomic mass is 79.9. The molecule has 0 radical (unpaired) electrons. The van der Waals surface area contributed by atoms with Crippen molar-refractivity contribution in [2.24, 2.45) is 0 Å². The molecule has 1 fully saturated rings. The molecule has 110 valence electrons. The predicted octanol–water partition coefficient (Wildman–Crippen LogP) is 1.92. The molecule has 5 nitrogen and oxygen atoms in total. The maximum absolute atomic E-state index is 12.8. The van der Waals surface area contributed by atoms with Gasteiger partial charge in [0.1, 0.15) is 11.1 Å². The first-order valence-electron chi connectivity index (χ1n) is 5.32. The zero-order valence-electron chi connectivity index (χ0n) is 10.1. The molecule has 1 aliphatic heterocycles. The van der Waals surface area contributed by atoms with Gasteiger partial charge in [-0.15, -0.1) is 0 Å². The van der Waals surface area contributed by atoms with Crippen LogP contribution in [0.15, 0.2) is 0 Å². The molecule has 0 aromatic heterocycles. The van der Waals surface area contributed by atoms with E-state index >= 15 is 0 Å². The number of halogens is 4. The smallest absolute Gasteiger partial charge is 0.418 e. The summed E-state index contributed by atoms with van der Waals surface area (Å²) in [6, 6.07) is 0. The number of rotatable bonds is 2. The van der Waals surface area contributed by atoms with Gasteiger partial charge in [-0.05, 0) is 0 Å². The van der Waals surface area contributed by atoms with Crippen molar-refractivity contribution in [3.63, 3.8) is 0 Å². The van der Waals surface area contributed by atoms with Crippen molar-refractivity contribution in [1.82, 2.24) is 0 Å². The molecule has 1 heterocycles. The lowest BCUT2D eigenvalue weighted by atomic mass is 10.0. The Bertz CT molecular complexity index is 360. The Morgan fingerprint density at radius 1 is 1.21 bits per heavy atom. The number of hydrogen-bond donors (Lipinski definition) is 0. The lowest BCUT2D eigenvalue weighted by molar-refractivity contribution is -0.283. The van der Waals surface area contributed by atoms with Gasteiger partial charge < -0.3 is 14.2 Å². The molecule has 0 aromatic carbocycles. The van der Waals surface area contributed by atoms with Crippen molar-refractivity contribution in [2.75, 3.05) is 0 Å². The van der Waals surface area contributed by atoms with Gasteiger partial charge >= 0.3 is 18.1 Å². The molecule has 19 heavy (non-hydrogen) atoms. The van der Waals surface area contributed by atoms with Crippen LogP contribution in [0, 0.1) is 0 Å². The first-order valence-corrected chi connectivity index (χ1v) is 6.23. The second kappa shape index (κ2) is 6.08. The summed E-state index contributed by atoms with van der Waals surface area (Å²) in [4.78, 5) is 21.8. The van der Waals surface area contributed by atoms with Crippen LogP contribution in [-0.2, 0) is 23.8 Å². The highest BCUT2D eigenvalue weighted by Crippen LogP contribution is 2.37. The monoisotopic (exact) mass is 348 g/mol. The van der Waals surface area contributed by atoms with Crippen LogP contribution in [0.5, 0.6) is 0 Å². The fraction of sp³-hybridized carbons (Fsp3) is 0.800. The van der Waals surface area contributed by atoms with Crippen LogP contribution >= 0.6 is 15.9 Å². The summed E-state index contributed by atoms with van der Waals surface area (Å²) in [7, 11) is 0. The molecule has 9 heteroatoms. The quantitative estimate of drug-likeness (QED) is 0.563. The Kier molecular flexibility index (Phi) is 5.19. The molecule has 1 aliphatic rings. The van der Waals surface area contributed by atoms with Gasteiger partial charge in [-0.2, -0.15) is 13.2 Å². The molecule has 0 amide bonds. The third-order valence-corrected chi connectivity index (χ3v) is 2.91. The van der Waals surface area contributed by atoms with Gasteiger partial charge in [0.2, 0.25) is 0 Å². The molecule has 4 unspecified atom stereocenters. The van der Waals surface area contributed by atoms with Crippen LogP contribution in [0.1, 0.15) is 20.3 Å². The SMILES string of the molecule is CC(=O)OC1CC(Br)OC(C(F)(F)F)C1OC(C)=O. The van der Waals surface area contributed by atoms with Crippen LogP contribution in [-0.4, -0.2) is 41.4 Å². The van der Waals surface area contributed by atoms with Crippen LogP contribution < -0.4 is 0 Å². The predicted molar refractivity (Wildman–Crippen MR) is 59.4 cm³/mol. The van der Waals surface area contributed by atoms with Gasteiger partial charge in [-0.1, -0.05) is 15.9 Å². The summed E-state index contributed by atoms with van der Waals surface area (Å²) in [5.74, 6) is -1.67. The lowest BCUT2D eigenvalue weighted by Crippen LogP contribution is -2.56. The molecule has 0 bridgehead atoms. The van der Waals surface area contributed by atoms with Crippen molar-refractivity contribution in [2.45, 2.75) is 49.8 Å². The van der Waals surface area contributed by atoms with Gasteiger partial charge in [0.25, 0.3) is 0 Å². The van der Waals surface area contributed by atoms with E-state index in [9.17, 15) is 22.8 Å². The van der Waals surface area contributed by atoms with Crippen molar-refractivity contribution in [3.8, 4) is 0 Å². The Hall–Kier alpha value is -0.830. The fourth-order valence-corrected chi connectivity index (χ4v) is 2.33. The maximum Gasteiger partial charge on any atom is 0.418 e. The van der Waals surface area contributed by atoms with Crippen molar-refractivity contribution >= 4 is 27.9 Å².